The van der Waals surface area contributed by atoms with Crippen molar-refractivity contribution in [3.8, 4) is 0 Å². The number of aromatic nitrogens is 1. The number of carbonyl (C=O) groups is 1. The highest BCUT2D eigenvalue weighted by Crippen LogP contribution is 2.02. The van der Waals surface area contributed by atoms with Crippen molar-refractivity contribution in [2.45, 2.75) is 18.9 Å². The Morgan fingerprint density at radius 3 is 2.44 bits per heavy atom. The van der Waals surface area contributed by atoms with Gasteiger partial charge < -0.3 is 14.8 Å². The second kappa shape index (κ2) is 8.60. The van der Waals surface area contributed by atoms with E-state index in [1.165, 1.54) is 0 Å². The largest absolute Gasteiger partial charge is 0.385 e. The van der Waals surface area contributed by atoms with Crippen molar-refractivity contribution in [3.63, 3.8) is 0 Å². The van der Waals surface area contributed by atoms with Gasteiger partial charge in [0.05, 0.1) is 0 Å². The van der Waals surface area contributed by atoms with E-state index in [0.717, 1.165) is 12.8 Å². The van der Waals surface area contributed by atoms with E-state index in [0.29, 0.717) is 18.9 Å². The molecule has 1 N–H and O–H groups in total. The molecule has 0 aliphatic rings. The molecule has 5 nitrogen and oxygen atoms in total. The van der Waals surface area contributed by atoms with Crippen LogP contribution in [0.5, 0.6) is 0 Å². The highest BCUT2D eigenvalue weighted by molar-refractivity contribution is 5.92. The average Bonchev–Trinajstić information content (AvgIpc) is 2.42. The Morgan fingerprint density at radius 2 is 1.94 bits per heavy atom. The maximum atomic E-state index is 11.9. The zero-order valence-electron chi connectivity index (χ0n) is 10.9. The fraction of sp³-hybridized carbons (Fsp3) is 0.538. The van der Waals surface area contributed by atoms with Gasteiger partial charge >= 0.3 is 0 Å². The molecule has 0 radical (unpaired) electrons. The Kier molecular flexibility index (Phi) is 6.98. The monoisotopic (exact) mass is 252 g/mol. The number of rotatable bonds is 8. The zero-order valence-corrected chi connectivity index (χ0v) is 10.9. The van der Waals surface area contributed by atoms with Crippen LogP contribution >= 0.6 is 0 Å². The molecule has 5 heteroatoms. The fourth-order valence-corrected chi connectivity index (χ4v) is 1.57. The minimum atomic E-state index is -0.159. The predicted octanol–water partition coefficient (Wildman–Crippen LogP) is 1.25. The Morgan fingerprint density at radius 1 is 1.28 bits per heavy atom. The molecule has 0 spiro atoms. The fourth-order valence-electron chi connectivity index (χ4n) is 1.57. The first-order valence-corrected chi connectivity index (χ1v) is 5.97. The summed E-state index contributed by atoms with van der Waals surface area (Å²) in [5, 5.41) is 2.94. The molecule has 0 aliphatic carbocycles. The third-order valence-corrected chi connectivity index (χ3v) is 2.57. The first kappa shape index (κ1) is 14.6. The van der Waals surface area contributed by atoms with Crippen LogP contribution in [0.25, 0.3) is 0 Å². The smallest absolute Gasteiger partial charge is 0.270 e. The predicted molar refractivity (Wildman–Crippen MR) is 68.5 cm³/mol. The number of carbonyl (C=O) groups excluding carboxylic acids is 1. The third kappa shape index (κ3) is 5.25. The minimum absolute atomic E-state index is 0.0411. The van der Waals surface area contributed by atoms with E-state index in [9.17, 15) is 4.79 Å². The van der Waals surface area contributed by atoms with Gasteiger partial charge in [0.2, 0.25) is 0 Å². The molecule has 1 rings (SSSR count). The van der Waals surface area contributed by atoms with E-state index in [4.69, 9.17) is 9.47 Å². The van der Waals surface area contributed by atoms with Gasteiger partial charge in [-0.2, -0.15) is 0 Å². The summed E-state index contributed by atoms with van der Waals surface area (Å²) in [6.45, 7) is 1.22. The topological polar surface area (TPSA) is 60.5 Å². The lowest BCUT2D eigenvalue weighted by Gasteiger charge is -2.17. The van der Waals surface area contributed by atoms with Gasteiger partial charge in [0, 0.05) is 39.7 Å². The van der Waals surface area contributed by atoms with E-state index in [1.807, 2.05) is 0 Å². The van der Waals surface area contributed by atoms with Crippen LogP contribution in [0.4, 0.5) is 0 Å². The molecular formula is C13H20N2O3. The van der Waals surface area contributed by atoms with Gasteiger partial charge in [0.25, 0.3) is 5.91 Å². The number of hydrogen-bond acceptors (Lipinski definition) is 4. The van der Waals surface area contributed by atoms with Crippen molar-refractivity contribution in [1.29, 1.82) is 0 Å². The average molecular weight is 252 g/mol. The minimum Gasteiger partial charge on any atom is -0.385 e. The molecule has 0 saturated heterocycles. The van der Waals surface area contributed by atoms with Crippen molar-refractivity contribution >= 4 is 5.91 Å². The molecule has 0 atom stereocenters. The summed E-state index contributed by atoms with van der Waals surface area (Å²) in [7, 11) is 3.29. The summed E-state index contributed by atoms with van der Waals surface area (Å²) in [6, 6.07) is 5.31. The lowest BCUT2D eigenvalue weighted by Crippen LogP contribution is -2.36. The number of nitrogens with zero attached hydrogens (tertiary/aromatic N) is 1. The van der Waals surface area contributed by atoms with E-state index >= 15 is 0 Å². The Labute approximate surface area is 108 Å². The molecule has 1 aromatic rings. The van der Waals surface area contributed by atoms with Crippen LogP contribution < -0.4 is 5.32 Å². The molecule has 1 aromatic heterocycles. The Bertz CT molecular complexity index is 335. The van der Waals surface area contributed by atoms with Gasteiger partial charge in [-0.1, -0.05) is 6.07 Å². The lowest BCUT2D eigenvalue weighted by atomic mass is 10.1. The molecule has 18 heavy (non-hydrogen) atoms. The van der Waals surface area contributed by atoms with Gasteiger partial charge in [-0.05, 0) is 25.0 Å². The summed E-state index contributed by atoms with van der Waals surface area (Å²) in [4.78, 5) is 15.9. The standard InChI is InChI=1S/C13H20N2O3/c1-17-9-6-11(7-10-18-2)15-13(16)12-5-3-4-8-14-12/h3-5,8,11H,6-7,9-10H2,1-2H3,(H,15,16). The van der Waals surface area contributed by atoms with Crippen molar-refractivity contribution in [1.82, 2.24) is 10.3 Å². The van der Waals surface area contributed by atoms with E-state index in [1.54, 1.807) is 38.6 Å². The second-order valence-electron chi connectivity index (χ2n) is 3.95. The zero-order chi connectivity index (χ0) is 13.2. The molecule has 0 bridgehead atoms. The normalized spacial score (nSPS) is 10.6. The number of ether oxygens (including phenoxy) is 2. The molecule has 0 aromatic carbocycles. The maximum Gasteiger partial charge on any atom is 0.270 e. The third-order valence-electron chi connectivity index (χ3n) is 2.57. The highest BCUT2D eigenvalue weighted by atomic mass is 16.5. The van der Waals surface area contributed by atoms with Crippen LogP contribution in [-0.4, -0.2) is 44.4 Å². The summed E-state index contributed by atoms with van der Waals surface area (Å²) in [6.07, 6.45) is 3.13. The van der Waals surface area contributed by atoms with Gasteiger partial charge in [-0.3, -0.25) is 9.78 Å². The van der Waals surface area contributed by atoms with Crippen LogP contribution in [0, 0.1) is 0 Å². The molecule has 1 heterocycles. The van der Waals surface area contributed by atoms with E-state index < -0.39 is 0 Å². The van der Waals surface area contributed by atoms with E-state index in [-0.39, 0.29) is 11.9 Å². The summed E-state index contributed by atoms with van der Waals surface area (Å²) < 4.78 is 10.1. The summed E-state index contributed by atoms with van der Waals surface area (Å²) in [5.74, 6) is -0.159. The number of methoxy groups -OCH3 is 2. The molecule has 100 valence electrons. The summed E-state index contributed by atoms with van der Waals surface area (Å²) in [5.41, 5.74) is 0.428. The van der Waals surface area contributed by atoms with E-state index in [2.05, 4.69) is 10.3 Å². The maximum absolute atomic E-state index is 11.9. The Hall–Kier alpha value is -1.46. The molecule has 0 aliphatic heterocycles. The van der Waals surface area contributed by atoms with Gasteiger partial charge in [0.1, 0.15) is 5.69 Å². The first-order chi connectivity index (χ1) is 8.77. The Balaban J connectivity index is 2.50. The molecular weight excluding hydrogens is 232 g/mol. The number of pyridine rings is 1. The van der Waals surface area contributed by atoms with Crippen molar-refractivity contribution < 1.29 is 14.3 Å². The highest BCUT2D eigenvalue weighted by Gasteiger charge is 2.14. The van der Waals surface area contributed by atoms with Crippen LogP contribution in [0.1, 0.15) is 23.3 Å². The van der Waals surface area contributed by atoms with Crippen molar-refractivity contribution in [3.05, 3.63) is 30.1 Å². The van der Waals surface area contributed by atoms with Gasteiger partial charge in [-0.25, -0.2) is 0 Å². The lowest BCUT2D eigenvalue weighted by molar-refractivity contribution is 0.0902. The SMILES string of the molecule is COCCC(CCOC)NC(=O)c1ccccn1. The summed E-state index contributed by atoms with van der Waals surface area (Å²) >= 11 is 0. The van der Waals surface area contributed by atoms with Crippen molar-refractivity contribution in [2.24, 2.45) is 0 Å². The van der Waals surface area contributed by atoms with Gasteiger partial charge in [-0.15, -0.1) is 0 Å². The van der Waals surface area contributed by atoms with Crippen molar-refractivity contribution in [2.75, 3.05) is 27.4 Å². The van der Waals surface area contributed by atoms with Gasteiger partial charge in [0.15, 0.2) is 0 Å². The quantitative estimate of drug-likeness (QED) is 0.756. The first-order valence-electron chi connectivity index (χ1n) is 5.97. The molecule has 0 saturated carbocycles. The number of nitrogens with one attached hydrogen (secondary N) is 1. The van der Waals surface area contributed by atoms with Crippen LogP contribution in [0.15, 0.2) is 24.4 Å². The van der Waals surface area contributed by atoms with Crippen LogP contribution in [0.3, 0.4) is 0 Å². The molecule has 0 fully saturated rings. The second-order valence-corrected chi connectivity index (χ2v) is 3.95. The number of amides is 1. The molecule has 1 amide bonds. The van der Waals surface area contributed by atoms with Crippen LogP contribution in [-0.2, 0) is 9.47 Å². The molecule has 0 unspecified atom stereocenters. The van der Waals surface area contributed by atoms with Crippen LogP contribution in [0.2, 0.25) is 0 Å². The number of hydrogen-bond donors (Lipinski definition) is 1.